The fraction of sp³-hybridized carbons (Fsp3) is 0.111. The van der Waals surface area contributed by atoms with E-state index in [2.05, 4.69) is 15.9 Å². The second-order valence-corrected chi connectivity index (χ2v) is 4.06. The Balaban J connectivity index is 2.82. The lowest BCUT2D eigenvalue weighted by Gasteiger charge is -1.96. The second-order valence-electron chi connectivity index (χ2n) is 2.66. The zero-order chi connectivity index (χ0) is 9.42. The number of benzene rings is 1. The summed E-state index contributed by atoms with van der Waals surface area (Å²) in [5, 5.41) is 2.88. The van der Waals surface area contributed by atoms with Gasteiger partial charge in [0.05, 0.1) is 11.3 Å². The van der Waals surface area contributed by atoms with Crippen LogP contribution in [0.25, 0.3) is 11.0 Å². The van der Waals surface area contributed by atoms with Gasteiger partial charge in [-0.05, 0) is 6.07 Å². The first-order valence-electron chi connectivity index (χ1n) is 3.63. The molecular formula is C9H5BrCl2O. The smallest absolute Gasteiger partial charge is 0.137 e. The van der Waals surface area contributed by atoms with Gasteiger partial charge in [0, 0.05) is 27.4 Å². The van der Waals surface area contributed by atoms with Gasteiger partial charge in [-0.25, -0.2) is 0 Å². The molecule has 1 aromatic heterocycles. The molecule has 1 aromatic carbocycles. The van der Waals surface area contributed by atoms with E-state index in [9.17, 15) is 0 Å². The van der Waals surface area contributed by atoms with Crippen molar-refractivity contribution in [2.24, 2.45) is 0 Å². The maximum atomic E-state index is 6.02. The number of halogens is 3. The molecule has 0 unspecified atom stereocenters. The van der Waals surface area contributed by atoms with E-state index in [1.165, 1.54) is 0 Å². The first-order valence-corrected chi connectivity index (χ1v) is 5.51. The topological polar surface area (TPSA) is 13.1 Å². The Morgan fingerprint density at radius 2 is 2.08 bits per heavy atom. The van der Waals surface area contributed by atoms with Crippen molar-refractivity contribution in [2.45, 2.75) is 5.33 Å². The van der Waals surface area contributed by atoms with Crippen LogP contribution in [0.15, 0.2) is 22.8 Å². The van der Waals surface area contributed by atoms with E-state index in [0.717, 1.165) is 21.9 Å². The maximum Gasteiger partial charge on any atom is 0.137 e. The van der Waals surface area contributed by atoms with Crippen molar-refractivity contribution in [3.05, 3.63) is 34.0 Å². The Bertz CT molecular complexity index is 450. The lowest BCUT2D eigenvalue weighted by molar-refractivity contribution is 0.613. The van der Waals surface area contributed by atoms with Crippen LogP contribution in [0, 0.1) is 0 Å². The minimum Gasteiger partial charge on any atom is -0.464 e. The zero-order valence-corrected chi connectivity index (χ0v) is 9.58. The standard InChI is InChI=1S/C9H5BrCl2O/c10-3-5-4-13-8-2-6(11)1-7(12)9(5)8/h1-2,4H,3H2. The van der Waals surface area contributed by atoms with Gasteiger partial charge in [-0.1, -0.05) is 39.1 Å². The minimum absolute atomic E-state index is 0.591. The van der Waals surface area contributed by atoms with E-state index in [-0.39, 0.29) is 0 Å². The van der Waals surface area contributed by atoms with E-state index >= 15 is 0 Å². The van der Waals surface area contributed by atoms with Gasteiger partial charge in [0.25, 0.3) is 0 Å². The second kappa shape index (κ2) is 3.52. The average molecular weight is 280 g/mol. The molecule has 2 aromatic rings. The summed E-state index contributed by atoms with van der Waals surface area (Å²) in [7, 11) is 0. The molecule has 1 nitrogen and oxygen atoms in total. The quantitative estimate of drug-likeness (QED) is 0.694. The van der Waals surface area contributed by atoms with Crippen LogP contribution in [-0.4, -0.2) is 0 Å². The molecule has 0 amide bonds. The van der Waals surface area contributed by atoms with Gasteiger partial charge in [-0.3, -0.25) is 0 Å². The van der Waals surface area contributed by atoms with Crippen LogP contribution in [0.4, 0.5) is 0 Å². The van der Waals surface area contributed by atoms with Crippen molar-refractivity contribution in [3.8, 4) is 0 Å². The van der Waals surface area contributed by atoms with Crippen molar-refractivity contribution < 1.29 is 4.42 Å². The van der Waals surface area contributed by atoms with Crippen LogP contribution in [-0.2, 0) is 5.33 Å². The average Bonchev–Trinajstić information content (AvgIpc) is 2.47. The molecule has 68 valence electrons. The Morgan fingerprint density at radius 3 is 2.77 bits per heavy atom. The number of rotatable bonds is 1. The zero-order valence-electron chi connectivity index (χ0n) is 6.48. The largest absolute Gasteiger partial charge is 0.464 e. The van der Waals surface area contributed by atoms with Crippen LogP contribution < -0.4 is 0 Å². The van der Waals surface area contributed by atoms with E-state index < -0.39 is 0 Å². The van der Waals surface area contributed by atoms with Crippen molar-refractivity contribution in [2.75, 3.05) is 0 Å². The van der Waals surface area contributed by atoms with E-state index in [1.54, 1.807) is 18.4 Å². The Labute approximate surface area is 93.7 Å². The molecule has 1 heterocycles. The van der Waals surface area contributed by atoms with Gasteiger partial charge < -0.3 is 4.42 Å². The van der Waals surface area contributed by atoms with Crippen molar-refractivity contribution in [1.82, 2.24) is 0 Å². The summed E-state index contributed by atoms with van der Waals surface area (Å²) in [6.07, 6.45) is 1.68. The lowest BCUT2D eigenvalue weighted by Crippen LogP contribution is -1.75. The van der Waals surface area contributed by atoms with Crippen LogP contribution >= 0.6 is 39.1 Å². The highest BCUT2D eigenvalue weighted by molar-refractivity contribution is 9.08. The molecule has 0 spiro atoms. The molecule has 0 saturated heterocycles. The summed E-state index contributed by atoms with van der Waals surface area (Å²) in [6.45, 7) is 0. The summed E-state index contributed by atoms with van der Waals surface area (Å²) in [5.74, 6) is 0. The molecule has 0 aliphatic rings. The molecule has 13 heavy (non-hydrogen) atoms. The minimum atomic E-state index is 0.591. The van der Waals surface area contributed by atoms with Gasteiger partial charge in [0.1, 0.15) is 5.58 Å². The maximum absolute atomic E-state index is 6.02. The first-order chi connectivity index (χ1) is 6.22. The van der Waals surface area contributed by atoms with Gasteiger partial charge in [0.2, 0.25) is 0 Å². The fourth-order valence-corrected chi connectivity index (χ4v) is 2.26. The molecule has 4 heteroatoms. The number of hydrogen-bond donors (Lipinski definition) is 0. The highest BCUT2D eigenvalue weighted by Gasteiger charge is 2.09. The van der Waals surface area contributed by atoms with E-state index in [4.69, 9.17) is 27.6 Å². The molecule has 0 fully saturated rings. The Morgan fingerprint density at radius 1 is 1.31 bits per heavy atom. The SMILES string of the molecule is Clc1cc(Cl)c2c(CBr)coc2c1. The van der Waals surface area contributed by atoms with Gasteiger partial charge in [0.15, 0.2) is 0 Å². The lowest BCUT2D eigenvalue weighted by atomic mass is 10.2. The highest BCUT2D eigenvalue weighted by atomic mass is 79.9. The van der Waals surface area contributed by atoms with Crippen LogP contribution in [0.5, 0.6) is 0 Å². The van der Waals surface area contributed by atoms with Gasteiger partial charge in [-0.15, -0.1) is 0 Å². The van der Waals surface area contributed by atoms with Crippen LogP contribution in [0.3, 0.4) is 0 Å². The van der Waals surface area contributed by atoms with Crippen LogP contribution in [0.2, 0.25) is 10.0 Å². The van der Waals surface area contributed by atoms with Gasteiger partial charge >= 0.3 is 0 Å². The Hall–Kier alpha value is -0.180. The predicted molar refractivity (Wildman–Crippen MR) is 58.9 cm³/mol. The molecule has 0 aliphatic carbocycles. The normalized spacial score (nSPS) is 11.0. The number of hydrogen-bond acceptors (Lipinski definition) is 1. The predicted octanol–water partition coefficient (Wildman–Crippen LogP) is 4.63. The fourth-order valence-electron chi connectivity index (χ4n) is 1.25. The monoisotopic (exact) mass is 278 g/mol. The summed E-state index contributed by atoms with van der Waals surface area (Å²) in [5.41, 5.74) is 1.77. The summed E-state index contributed by atoms with van der Waals surface area (Å²) >= 11 is 15.2. The van der Waals surface area contributed by atoms with Crippen molar-refractivity contribution in [3.63, 3.8) is 0 Å². The molecule has 0 aliphatic heterocycles. The first kappa shape index (κ1) is 9.38. The number of fused-ring (bicyclic) bond motifs is 1. The van der Waals surface area contributed by atoms with Crippen molar-refractivity contribution in [1.29, 1.82) is 0 Å². The molecule has 0 atom stereocenters. The molecule has 0 bridgehead atoms. The molecule has 2 rings (SSSR count). The highest BCUT2D eigenvalue weighted by Crippen LogP contribution is 2.32. The van der Waals surface area contributed by atoms with Crippen LogP contribution in [0.1, 0.15) is 5.56 Å². The summed E-state index contributed by atoms with van der Waals surface area (Å²) in [4.78, 5) is 0. The number of furan rings is 1. The van der Waals surface area contributed by atoms with E-state index in [0.29, 0.717) is 10.0 Å². The van der Waals surface area contributed by atoms with E-state index in [1.807, 2.05) is 0 Å². The third kappa shape index (κ3) is 1.58. The third-order valence-electron chi connectivity index (χ3n) is 1.81. The number of alkyl halides is 1. The summed E-state index contributed by atoms with van der Waals surface area (Å²) in [6, 6.07) is 3.47. The molecule has 0 saturated carbocycles. The molecular weight excluding hydrogens is 275 g/mol. The molecule has 0 N–H and O–H groups in total. The van der Waals surface area contributed by atoms with Gasteiger partial charge in [-0.2, -0.15) is 0 Å². The van der Waals surface area contributed by atoms with Crippen molar-refractivity contribution >= 4 is 50.1 Å². The summed E-state index contributed by atoms with van der Waals surface area (Å²) < 4.78 is 5.30. The Kier molecular flexibility index (Phi) is 2.54. The third-order valence-corrected chi connectivity index (χ3v) is 2.93. The molecule has 0 radical (unpaired) electrons.